The normalized spacial score (nSPS) is 13.1. The maximum absolute atomic E-state index is 12.9. The minimum atomic E-state index is -1.36. The lowest BCUT2D eigenvalue weighted by molar-refractivity contribution is 0.102. The van der Waals surface area contributed by atoms with Crippen LogP contribution < -0.4 is 11.1 Å². The van der Waals surface area contributed by atoms with E-state index in [-0.39, 0.29) is 5.91 Å². The van der Waals surface area contributed by atoms with Crippen LogP contribution in [-0.2, 0) is 21.9 Å². The molecular formula is C26H26N3O3PS. The molecule has 0 spiro atoms. The molecule has 2 atom stereocenters. The van der Waals surface area contributed by atoms with Gasteiger partial charge in [-0.25, -0.2) is 0 Å². The SMILES string of the molecule is CC(Cc1ccc(C(=O)Nc2cc(-c3cccs3)ccc2N)cc1)(Cc1cccnc1)O[PH2]=O. The summed E-state index contributed by atoms with van der Waals surface area (Å²) in [6, 6.07) is 20.8. The van der Waals surface area contributed by atoms with Gasteiger partial charge in [-0.1, -0.05) is 30.3 Å². The maximum Gasteiger partial charge on any atom is 0.255 e. The molecule has 174 valence electrons. The van der Waals surface area contributed by atoms with Crippen molar-refractivity contribution in [2.45, 2.75) is 25.4 Å². The second kappa shape index (κ2) is 10.8. The highest BCUT2D eigenvalue weighted by atomic mass is 32.1. The summed E-state index contributed by atoms with van der Waals surface area (Å²) in [4.78, 5) is 18.1. The van der Waals surface area contributed by atoms with Gasteiger partial charge in [-0.05, 0) is 65.4 Å². The van der Waals surface area contributed by atoms with Crippen LogP contribution in [0.3, 0.4) is 0 Å². The number of nitrogens with zero attached hydrogens (tertiary/aromatic N) is 1. The highest BCUT2D eigenvalue weighted by Gasteiger charge is 2.26. The van der Waals surface area contributed by atoms with Gasteiger partial charge in [0.25, 0.3) is 5.91 Å². The molecule has 2 heterocycles. The van der Waals surface area contributed by atoms with E-state index in [4.69, 9.17) is 10.3 Å². The number of thiophene rings is 1. The van der Waals surface area contributed by atoms with Crippen molar-refractivity contribution in [2.75, 3.05) is 11.1 Å². The monoisotopic (exact) mass is 491 g/mol. The first-order chi connectivity index (χ1) is 16.5. The van der Waals surface area contributed by atoms with E-state index < -0.39 is 14.3 Å². The zero-order valence-corrected chi connectivity index (χ0v) is 20.7. The van der Waals surface area contributed by atoms with Crippen molar-refractivity contribution in [3.63, 3.8) is 0 Å². The van der Waals surface area contributed by atoms with Crippen molar-refractivity contribution in [3.8, 4) is 10.4 Å². The lowest BCUT2D eigenvalue weighted by atomic mass is 9.90. The maximum atomic E-state index is 12.9. The Morgan fingerprint density at radius 2 is 1.88 bits per heavy atom. The van der Waals surface area contributed by atoms with E-state index in [1.54, 1.807) is 41.9 Å². The van der Waals surface area contributed by atoms with Gasteiger partial charge in [-0.15, -0.1) is 11.3 Å². The van der Waals surface area contributed by atoms with E-state index >= 15 is 0 Å². The van der Waals surface area contributed by atoms with Crippen molar-refractivity contribution in [2.24, 2.45) is 0 Å². The number of nitrogen functional groups attached to an aromatic ring is 1. The first kappa shape index (κ1) is 23.9. The minimum Gasteiger partial charge on any atom is -0.397 e. The first-order valence-corrected chi connectivity index (χ1v) is 12.6. The van der Waals surface area contributed by atoms with Crippen molar-refractivity contribution >= 4 is 37.3 Å². The van der Waals surface area contributed by atoms with Crippen LogP contribution in [-0.4, -0.2) is 16.5 Å². The smallest absolute Gasteiger partial charge is 0.255 e. The molecule has 2 aromatic heterocycles. The topological polar surface area (TPSA) is 94.3 Å². The molecule has 0 radical (unpaired) electrons. The first-order valence-electron chi connectivity index (χ1n) is 10.8. The number of carbonyl (C=O) groups is 1. The molecule has 0 saturated carbocycles. The summed E-state index contributed by atoms with van der Waals surface area (Å²) < 4.78 is 17.0. The lowest BCUT2D eigenvalue weighted by Crippen LogP contribution is -2.31. The molecule has 2 aromatic carbocycles. The van der Waals surface area contributed by atoms with Gasteiger partial charge >= 0.3 is 0 Å². The summed E-state index contributed by atoms with van der Waals surface area (Å²) >= 11 is 1.63. The zero-order valence-electron chi connectivity index (χ0n) is 18.7. The molecule has 0 fully saturated rings. The Morgan fingerprint density at radius 3 is 2.56 bits per heavy atom. The second-order valence-corrected chi connectivity index (χ2v) is 9.69. The molecule has 34 heavy (non-hydrogen) atoms. The van der Waals surface area contributed by atoms with Gasteiger partial charge in [0.1, 0.15) is 0 Å². The van der Waals surface area contributed by atoms with E-state index in [2.05, 4.69) is 10.3 Å². The highest BCUT2D eigenvalue weighted by Crippen LogP contribution is 2.31. The Hall–Kier alpha value is -3.25. The quantitative estimate of drug-likeness (QED) is 0.225. The van der Waals surface area contributed by atoms with Crippen LogP contribution in [0, 0.1) is 0 Å². The lowest BCUT2D eigenvalue weighted by Gasteiger charge is -2.27. The Balaban J connectivity index is 1.46. The zero-order chi connectivity index (χ0) is 24.0. The van der Waals surface area contributed by atoms with E-state index in [1.807, 2.05) is 60.8 Å². The molecule has 2 unspecified atom stereocenters. The Morgan fingerprint density at radius 1 is 1.09 bits per heavy atom. The van der Waals surface area contributed by atoms with Gasteiger partial charge < -0.3 is 15.6 Å². The number of aromatic nitrogens is 1. The predicted molar refractivity (Wildman–Crippen MR) is 140 cm³/mol. The van der Waals surface area contributed by atoms with Gasteiger partial charge in [0, 0.05) is 35.7 Å². The van der Waals surface area contributed by atoms with Crippen LogP contribution in [0.25, 0.3) is 10.4 Å². The summed E-state index contributed by atoms with van der Waals surface area (Å²) in [5.74, 6) is -0.236. The number of benzene rings is 2. The molecule has 1 amide bonds. The highest BCUT2D eigenvalue weighted by molar-refractivity contribution is 7.17. The number of hydrogen-bond donors (Lipinski definition) is 2. The molecule has 8 heteroatoms. The molecule has 0 aliphatic heterocycles. The number of nitrogens with two attached hydrogens (primary N) is 1. The van der Waals surface area contributed by atoms with Crippen molar-refractivity contribution in [3.05, 3.63) is 101 Å². The Bertz CT molecular complexity index is 1260. The van der Waals surface area contributed by atoms with Crippen LogP contribution in [0.5, 0.6) is 0 Å². The molecule has 4 aromatic rings. The van der Waals surface area contributed by atoms with Crippen molar-refractivity contribution in [1.82, 2.24) is 4.98 Å². The number of nitrogens with one attached hydrogen (secondary N) is 1. The second-order valence-electron chi connectivity index (χ2n) is 8.31. The fourth-order valence-corrected chi connectivity index (χ4v) is 4.98. The summed E-state index contributed by atoms with van der Waals surface area (Å²) in [6.07, 6.45) is 4.64. The van der Waals surface area contributed by atoms with Crippen molar-refractivity contribution < 1.29 is 13.9 Å². The number of rotatable bonds is 9. The predicted octanol–water partition coefficient (Wildman–Crippen LogP) is 5.88. The minimum absolute atomic E-state index is 0.236. The molecule has 3 N–H and O–H groups in total. The number of carbonyl (C=O) groups excluding carboxylic acids is 1. The van der Waals surface area contributed by atoms with E-state index in [0.29, 0.717) is 29.8 Å². The molecule has 0 saturated heterocycles. The van der Waals surface area contributed by atoms with E-state index in [1.165, 1.54) is 0 Å². The van der Waals surface area contributed by atoms with Crippen LogP contribution in [0.15, 0.2) is 84.5 Å². The van der Waals surface area contributed by atoms with Gasteiger partial charge in [-0.2, -0.15) is 0 Å². The van der Waals surface area contributed by atoms with Crippen molar-refractivity contribution in [1.29, 1.82) is 0 Å². The molecule has 0 aliphatic carbocycles. The van der Waals surface area contributed by atoms with E-state index in [0.717, 1.165) is 21.6 Å². The molecule has 0 bridgehead atoms. The van der Waals surface area contributed by atoms with Crippen LogP contribution in [0.4, 0.5) is 11.4 Å². The molecule has 0 aliphatic rings. The number of hydrogen-bond acceptors (Lipinski definition) is 6. The number of pyridine rings is 1. The number of amides is 1. The fraction of sp³-hybridized carbons (Fsp3) is 0.154. The third kappa shape index (κ3) is 6.00. The largest absolute Gasteiger partial charge is 0.397 e. The summed E-state index contributed by atoms with van der Waals surface area (Å²) in [5, 5.41) is 4.93. The Kier molecular flexibility index (Phi) is 7.58. The molecule has 6 nitrogen and oxygen atoms in total. The van der Waals surface area contributed by atoms with E-state index in [9.17, 15) is 9.36 Å². The molecular weight excluding hydrogens is 465 g/mol. The summed E-state index contributed by atoms with van der Waals surface area (Å²) in [7, 11) is -1.36. The van der Waals surface area contributed by atoms with Gasteiger partial charge in [0.2, 0.25) is 0 Å². The fourth-order valence-electron chi connectivity index (χ4n) is 3.86. The third-order valence-electron chi connectivity index (χ3n) is 5.53. The number of anilines is 2. The average Bonchev–Trinajstić information content (AvgIpc) is 3.36. The summed E-state index contributed by atoms with van der Waals surface area (Å²) in [5.41, 5.74) is 10.1. The third-order valence-corrected chi connectivity index (χ3v) is 7.12. The summed E-state index contributed by atoms with van der Waals surface area (Å²) in [6.45, 7) is 1.94. The molecule has 4 rings (SSSR count). The van der Waals surface area contributed by atoms with Gasteiger partial charge in [0.15, 0.2) is 8.69 Å². The van der Waals surface area contributed by atoms with Crippen LogP contribution in [0.2, 0.25) is 0 Å². The Labute approximate surface area is 204 Å². The average molecular weight is 492 g/mol. The van der Waals surface area contributed by atoms with Crippen LogP contribution in [0.1, 0.15) is 28.4 Å². The standard InChI is InChI=1S/C26H26N3O3PS/c1-26(32-33-31,16-19-4-2-12-28-17-19)15-18-6-8-20(9-7-18)25(30)29-23-14-21(10-11-22(23)27)24-5-3-13-34-24/h2-14,17H,15-16,27,33H2,1H3,(H,29,30). The van der Waals surface area contributed by atoms with Gasteiger partial charge in [-0.3, -0.25) is 14.3 Å². The van der Waals surface area contributed by atoms with Crippen LogP contribution >= 0.6 is 20.0 Å². The van der Waals surface area contributed by atoms with Gasteiger partial charge in [0.05, 0.1) is 17.0 Å².